The number of carbonyl (C=O) groups excluding carboxylic acids is 1. The van der Waals surface area contributed by atoms with E-state index in [1.807, 2.05) is 36.4 Å². The number of nitrogens with zero attached hydrogens (tertiary/aromatic N) is 2. The van der Waals surface area contributed by atoms with Crippen molar-refractivity contribution < 1.29 is 13.2 Å². The van der Waals surface area contributed by atoms with Crippen LogP contribution >= 0.6 is 23.2 Å². The molecule has 1 amide bonds. The fourth-order valence-corrected chi connectivity index (χ4v) is 5.16. The van der Waals surface area contributed by atoms with Gasteiger partial charge in [0.25, 0.3) is 0 Å². The number of rotatable bonds is 8. The first-order chi connectivity index (χ1) is 15.3. The van der Waals surface area contributed by atoms with Crippen molar-refractivity contribution in [2.45, 2.75) is 11.3 Å². The van der Waals surface area contributed by atoms with E-state index in [1.165, 1.54) is 24.3 Å². The summed E-state index contributed by atoms with van der Waals surface area (Å²) in [7, 11) is -4.12. The highest BCUT2D eigenvalue weighted by Gasteiger charge is 2.29. The fraction of sp³-hybridized carbons (Fsp3) is 0.130. The molecule has 0 atom stereocenters. The predicted molar refractivity (Wildman–Crippen MR) is 125 cm³/mol. The van der Waals surface area contributed by atoms with E-state index in [9.17, 15) is 13.2 Å². The molecule has 1 N–H and O–H groups in total. The molecule has 0 saturated carbocycles. The Labute approximate surface area is 197 Å². The lowest BCUT2D eigenvalue weighted by molar-refractivity contribution is -0.116. The number of carbonyl (C=O) groups is 1. The Morgan fingerprint density at radius 1 is 1.00 bits per heavy atom. The second-order valence-corrected chi connectivity index (χ2v) is 9.64. The molecule has 0 aromatic heterocycles. The van der Waals surface area contributed by atoms with E-state index in [2.05, 4.69) is 5.32 Å². The van der Waals surface area contributed by atoms with Crippen molar-refractivity contribution in [1.82, 2.24) is 4.31 Å². The van der Waals surface area contributed by atoms with Gasteiger partial charge in [-0.1, -0.05) is 59.6 Å². The van der Waals surface area contributed by atoms with E-state index in [0.717, 1.165) is 9.87 Å². The molecule has 0 aliphatic heterocycles. The van der Waals surface area contributed by atoms with Crippen molar-refractivity contribution in [3.05, 3.63) is 94.0 Å². The minimum atomic E-state index is -4.12. The Kier molecular flexibility index (Phi) is 7.89. The second-order valence-electron chi connectivity index (χ2n) is 6.89. The van der Waals surface area contributed by atoms with E-state index in [0.29, 0.717) is 17.7 Å². The number of anilines is 1. The molecular weight excluding hydrogens is 469 g/mol. The molecular formula is C23H19Cl2N3O3S. The van der Waals surface area contributed by atoms with Gasteiger partial charge >= 0.3 is 0 Å². The number of hydrogen-bond donors (Lipinski definition) is 1. The van der Waals surface area contributed by atoms with Crippen LogP contribution < -0.4 is 5.32 Å². The first kappa shape index (κ1) is 23.8. The predicted octanol–water partition coefficient (Wildman–Crippen LogP) is 4.74. The second kappa shape index (κ2) is 10.6. The van der Waals surface area contributed by atoms with Gasteiger partial charge in [0.2, 0.25) is 15.9 Å². The number of hydrogen-bond acceptors (Lipinski definition) is 4. The van der Waals surface area contributed by atoms with Gasteiger partial charge in [-0.15, -0.1) is 0 Å². The van der Waals surface area contributed by atoms with E-state index >= 15 is 0 Å². The van der Waals surface area contributed by atoms with Crippen molar-refractivity contribution in [3.63, 3.8) is 0 Å². The number of benzene rings is 3. The van der Waals surface area contributed by atoms with Gasteiger partial charge in [0, 0.05) is 17.3 Å². The number of sulfonamides is 1. The first-order valence-corrected chi connectivity index (χ1v) is 11.8. The molecule has 3 rings (SSSR count). The van der Waals surface area contributed by atoms with Crippen LogP contribution in [-0.4, -0.2) is 31.7 Å². The zero-order chi connectivity index (χ0) is 23.1. The van der Waals surface area contributed by atoms with E-state index in [1.54, 1.807) is 18.2 Å². The monoisotopic (exact) mass is 487 g/mol. The molecule has 0 radical (unpaired) electrons. The van der Waals surface area contributed by atoms with Crippen molar-refractivity contribution in [1.29, 1.82) is 5.26 Å². The third kappa shape index (κ3) is 6.09. The summed E-state index contributed by atoms with van der Waals surface area (Å²) in [5, 5.41) is 11.9. The molecule has 32 heavy (non-hydrogen) atoms. The third-order valence-corrected chi connectivity index (χ3v) is 7.16. The smallest absolute Gasteiger partial charge is 0.245 e. The van der Waals surface area contributed by atoms with Crippen molar-refractivity contribution >= 4 is 44.8 Å². The summed E-state index contributed by atoms with van der Waals surface area (Å²) >= 11 is 12.1. The highest BCUT2D eigenvalue weighted by atomic mass is 35.5. The average Bonchev–Trinajstić information content (AvgIpc) is 2.78. The Morgan fingerprint density at radius 3 is 2.47 bits per heavy atom. The van der Waals surface area contributed by atoms with Crippen molar-refractivity contribution in [3.8, 4) is 6.07 Å². The van der Waals surface area contributed by atoms with Crippen LogP contribution in [0.2, 0.25) is 10.0 Å². The summed E-state index contributed by atoms with van der Waals surface area (Å²) in [6.45, 7) is -0.379. The minimum Gasteiger partial charge on any atom is -0.325 e. The molecule has 3 aromatic carbocycles. The van der Waals surface area contributed by atoms with Gasteiger partial charge in [-0.05, 0) is 48.4 Å². The number of nitrogens with one attached hydrogen (secondary N) is 1. The molecule has 0 heterocycles. The van der Waals surface area contributed by atoms with Gasteiger partial charge in [-0.2, -0.15) is 9.57 Å². The molecule has 0 aliphatic rings. The zero-order valence-electron chi connectivity index (χ0n) is 16.8. The first-order valence-electron chi connectivity index (χ1n) is 9.59. The molecule has 6 nitrogen and oxygen atoms in total. The zero-order valence-corrected chi connectivity index (χ0v) is 19.2. The van der Waals surface area contributed by atoms with Gasteiger partial charge in [0.05, 0.1) is 23.2 Å². The molecule has 0 spiro atoms. The molecule has 3 aromatic rings. The summed E-state index contributed by atoms with van der Waals surface area (Å²) in [5.74, 6) is -0.546. The topological polar surface area (TPSA) is 90.3 Å². The Bertz CT molecular complexity index is 1260. The lowest BCUT2D eigenvalue weighted by Gasteiger charge is -2.22. The van der Waals surface area contributed by atoms with Gasteiger partial charge in [-0.25, -0.2) is 8.42 Å². The Balaban J connectivity index is 1.86. The third-order valence-electron chi connectivity index (χ3n) is 4.60. The van der Waals surface area contributed by atoms with E-state index in [-0.39, 0.29) is 21.5 Å². The fourth-order valence-electron chi connectivity index (χ4n) is 3.02. The highest BCUT2D eigenvalue weighted by molar-refractivity contribution is 7.89. The number of halogens is 2. The standard InChI is InChI=1S/C23H19Cl2N3O3S/c24-19-9-10-21(25)22(14-19)32(30,31)28(12-11-17-5-2-1-3-6-17)16-23(29)27-20-8-4-7-18(13-20)15-26/h1-10,13-14H,11-12,16H2,(H,27,29). The van der Waals surface area contributed by atoms with Crippen LogP contribution in [0.25, 0.3) is 0 Å². The minimum absolute atomic E-state index is 0.0150. The van der Waals surface area contributed by atoms with Gasteiger partial charge in [0.15, 0.2) is 0 Å². The van der Waals surface area contributed by atoms with Crippen molar-refractivity contribution in [2.24, 2.45) is 0 Å². The van der Waals surface area contributed by atoms with Crippen LogP contribution in [0, 0.1) is 11.3 Å². The van der Waals surface area contributed by atoms with Gasteiger partial charge in [0.1, 0.15) is 4.90 Å². The summed E-state index contributed by atoms with van der Waals surface area (Å²) in [6.07, 6.45) is 0.398. The molecule has 0 bridgehead atoms. The molecule has 0 unspecified atom stereocenters. The molecule has 0 fully saturated rings. The molecule has 164 valence electrons. The number of nitriles is 1. The van der Waals surface area contributed by atoms with Gasteiger partial charge in [-0.3, -0.25) is 4.79 Å². The Morgan fingerprint density at radius 2 is 1.75 bits per heavy atom. The van der Waals surface area contributed by atoms with Crippen LogP contribution in [-0.2, 0) is 21.2 Å². The summed E-state index contributed by atoms with van der Waals surface area (Å²) in [5.41, 5.74) is 1.70. The average molecular weight is 488 g/mol. The molecule has 9 heteroatoms. The quantitative estimate of drug-likeness (QED) is 0.496. The van der Waals surface area contributed by atoms with Crippen molar-refractivity contribution in [2.75, 3.05) is 18.4 Å². The Hall–Kier alpha value is -2.89. The molecule has 0 aliphatic carbocycles. The van der Waals surface area contributed by atoms with E-state index < -0.39 is 22.5 Å². The van der Waals surface area contributed by atoms with Crippen LogP contribution in [0.4, 0.5) is 5.69 Å². The lowest BCUT2D eigenvalue weighted by Crippen LogP contribution is -2.39. The van der Waals surface area contributed by atoms with Crippen LogP contribution in [0.5, 0.6) is 0 Å². The SMILES string of the molecule is N#Cc1cccc(NC(=O)CN(CCc2ccccc2)S(=O)(=O)c2cc(Cl)ccc2Cl)c1. The summed E-state index contributed by atoms with van der Waals surface area (Å²) in [4.78, 5) is 12.5. The molecule has 0 saturated heterocycles. The summed E-state index contributed by atoms with van der Waals surface area (Å²) < 4.78 is 27.8. The largest absolute Gasteiger partial charge is 0.325 e. The summed E-state index contributed by atoms with van der Waals surface area (Å²) in [6, 6.07) is 21.9. The van der Waals surface area contributed by atoms with Crippen LogP contribution in [0.1, 0.15) is 11.1 Å². The van der Waals surface area contributed by atoms with E-state index in [4.69, 9.17) is 28.5 Å². The van der Waals surface area contributed by atoms with Crippen LogP contribution in [0.15, 0.2) is 77.7 Å². The van der Waals surface area contributed by atoms with Gasteiger partial charge < -0.3 is 5.32 Å². The van der Waals surface area contributed by atoms with Crippen LogP contribution in [0.3, 0.4) is 0 Å². The normalized spacial score (nSPS) is 11.2. The maximum absolute atomic E-state index is 13.4. The maximum Gasteiger partial charge on any atom is 0.245 e. The maximum atomic E-state index is 13.4. The number of amides is 1. The highest BCUT2D eigenvalue weighted by Crippen LogP contribution is 2.28. The lowest BCUT2D eigenvalue weighted by atomic mass is 10.1.